The van der Waals surface area contributed by atoms with Crippen LogP contribution in [0.4, 0.5) is 0 Å². The Balaban J connectivity index is 0.00000272. The van der Waals surface area contributed by atoms with Crippen molar-refractivity contribution in [2.24, 2.45) is 10.9 Å². The van der Waals surface area contributed by atoms with E-state index in [1.807, 2.05) is 12.5 Å². The monoisotopic (exact) mass is 539 g/mol. The van der Waals surface area contributed by atoms with E-state index in [0.29, 0.717) is 18.5 Å². The van der Waals surface area contributed by atoms with Crippen LogP contribution in [0.3, 0.4) is 0 Å². The summed E-state index contributed by atoms with van der Waals surface area (Å²) in [6.07, 6.45) is 8.11. The van der Waals surface area contributed by atoms with Crippen LogP contribution in [0.2, 0.25) is 0 Å². The Morgan fingerprint density at radius 1 is 1.35 bits per heavy atom. The fourth-order valence-corrected chi connectivity index (χ4v) is 4.48. The van der Waals surface area contributed by atoms with Gasteiger partial charge in [-0.3, -0.25) is 0 Å². The fourth-order valence-electron chi connectivity index (χ4n) is 4.48. The highest BCUT2D eigenvalue weighted by Crippen LogP contribution is 2.35. The molecular weight excluding hydrogens is 505 g/mol. The molecule has 2 aromatic rings. The summed E-state index contributed by atoms with van der Waals surface area (Å²) >= 11 is 0. The first kappa shape index (κ1) is 23.7. The number of likely N-dealkylation sites (tertiary alicyclic amines) is 1. The van der Waals surface area contributed by atoms with E-state index < -0.39 is 0 Å². The lowest BCUT2D eigenvalue weighted by Gasteiger charge is -2.39. The summed E-state index contributed by atoms with van der Waals surface area (Å²) in [4.78, 5) is 11.6. The van der Waals surface area contributed by atoms with Gasteiger partial charge in [-0.15, -0.1) is 24.0 Å². The number of ether oxygens (including phenoxy) is 2. The molecule has 7 nitrogen and oxygen atoms in total. The van der Waals surface area contributed by atoms with Gasteiger partial charge in [-0.25, -0.2) is 9.98 Å². The molecule has 1 N–H and O–H groups in total. The fraction of sp³-hybridized carbons (Fsp3) is 0.565. The average Bonchev–Trinajstić information content (AvgIpc) is 3.39. The number of rotatable bonds is 5. The molecule has 1 aromatic carbocycles. The zero-order valence-electron chi connectivity index (χ0n) is 18.9. The maximum absolute atomic E-state index is 5.95. The number of hydrogen-bond acceptors (Lipinski definition) is 4. The topological polar surface area (TPSA) is 63.9 Å². The number of piperidine rings is 1. The molecule has 2 aliphatic heterocycles. The van der Waals surface area contributed by atoms with Crippen molar-refractivity contribution in [2.45, 2.75) is 52.3 Å². The van der Waals surface area contributed by atoms with Gasteiger partial charge in [-0.2, -0.15) is 0 Å². The van der Waals surface area contributed by atoms with E-state index in [0.717, 1.165) is 55.5 Å². The molecule has 0 bridgehead atoms. The Bertz CT molecular complexity index is 886. The normalized spacial score (nSPS) is 23.0. The van der Waals surface area contributed by atoms with E-state index in [4.69, 9.17) is 14.5 Å². The molecular formula is C23H34IN5O2. The Morgan fingerprint density at radius 3 is 2.90 bits per heavy atom. The molecule has 0 aliphatic carbocycles. The van der Waals surface area contributed by atoms with Crippen LogP contribution in [0.1, 0.15) is 44.4 Å². The second-order valence-corrected chi connectivity index (χ2v) is 8.36. The number of hydrogen-bond donors (Lipinski definition) is 1. The van der Waals surface area contributed by atoms with Crippen molar-refractivity contribution in [2.75, 3.05) is 26.7 Å². The van der Waals surface area contributed by atoms with Gasteiger partial charge in [0, 0.05) is 49.6 Å². The van der Waals surface area contributed by atoms with Crippen molar-refractivity contribution in [1.29, 1.82) is 0 Å². The van der Waals surface area contributed by atoms with Gasteiger partial charge in [0.1, 0.15) is 17.6 Å². The maximum Gasteiger partial charge on any atom is 0.194 e. The van der Waals surface area contributed by atoms with Crippen LogP contribution in [-0.4, -0.2) is 53.3 Å². The Kier molecular flexibility index (Phi) is 8.07. The van der Waals surface area contributed by atoms with Crippen molar-refractivity contribution in [3.63, 3.8) is 0 Å². The van der Waals surface area contributed by atoms with Crippen LogP contribution in [0.5, 0.6) is 11.5 Å². The molecule has 31 heavy (non-hydrogen) atoms. The summed E-state index contributed by atoms with van der Waals surface area (Å²) in [6.45, 7) is 9.84. The Hall–Kier alpha value is -1.97. The lowest BCUT2D eigenvalue weighted by atomic mass is 9.93. The minimum atomic E-state index is 0. The number of methoxy groups -OCH3 is 1. The van der Waals surface area contributed by atoms with Crippen LogP contribution in [0.25, 0.3) is 0 Å². The van der Waals surface area contributed by atoms with Crippen LogP contribution in [0.15, 0.2) is 35.8 Å². The first-order valence-corrected chi connectivity index (χ1v) is 11.0. The van der Waals surface area contributed by atoms with Crippen molar-refractivity contribution in [1.82, 2.24) is 19.8 Å². The molecule has 1 fully saturated rings. The summed E-state index contributed by atoms with van der Waals surface area (Å²) < 4.78 is 13.8. The van der Waals surface area contributed by atoms with Crippen LogP contribution in [-0.2, 0) is 13.0 Å². The number of fused-ring (bicyclic) bond motifs is 1. The summed E-state index contributed by atoms with van der Waals surface area (Å²) in [5.41, 5.74) is 2.27. The van der Waals surface area contributed by atoms with E-state index in [9.17, 15) is 0 Å². The number of halogens is 1. The zero-order valence-corrected chi connectivity index (χ0v) is 21.2. The van der Waals surface area contributed by atoms with Gasteiger partial charge >= 0.3 is 0 Å². The number of aliphatic imine (C=N–C) groups is 1. The standard InChI is InChI=1S/C23H33N5O2.HI/c1-5-25-23(27-8-6-16(2)20(14-27)28-9-7-24-15-28)26-13-19-12-22-18(10-17(3)30-22)11-21(19)29-4;/h7,9,11-12,15-17,20H,5-6,8,10,13-14H2,1-4H3,(H,25,26);1H. The second kappa shape index (κ2) is 10.6. The molecule has 3 atom stereocenters. The van der Waals surface area contributed by atoms with Gasteiger partial charge in [0.05, 0.1) is 26.0 Å². The molecule has 3 heterocycles. The predicted octanol–water partition coefficient (Wildman–Crippen LogP) is 3.88. The maximum atomic E-state index is 5.95. The largest absolute Gasteiger partial charge is 0.496 e. The van der Waals surface area contributed by atoms with Gasteiger partial charge in [0.2, 0.25) is 0 Å². The highest BCUT2D eigenvalue weighted by molar-refractivity contribution is 14.0. The highest BCUT2D eigenvalue weighted by Gasteiger charge is 2.29. The molecule has 170 valence electrons. The third-order valence-corrected chi connectivity index (χ3v) is 6.16. The van der Waals surface area contributed by atoms with Crippen LogP contribution >= 0.6 is 24.0 Å². The molecule has 0 amide bonds. The first-order chi connectivity index (χ1) is 14.6. The van der Waals surface area contributed by atoms with Gasteiger partial charge in [0.15, 0.2) is 5.96 Å². The molecule has 1 aromatic heterocycles. The van der Waals surface area contributed by atoms with Gasteiger partial charge in [0.25, 0.3) is 0 Å². The predicted molar refractivity (Wildman–Crippen MR) is 134 cm³/mol. The molecule has 0 saturated carbocycles. The van der Waals surface area contributed by atoms with Crippen molar-refractivity contribution >= 4 is 29.9 Å². The molecule has 8 heteroatoms. The van der Waals surface area contributed by atoms with Crippen LogP contribution < -0.4 is 14.8 Å². The summed E-state index contributed by atoms with van der Waals surface area (Å²) in [6, 6.07) is 4.60. The highest BCUT2D eigenvalue weighted by atomic mass is 127. The number of guanidine groups is 1. The number of benzene rings is 1. The molecule has 4 rings (SSSR count). The number of imidazole rings is 1. The van der Waals surface area contributed by atoms with Crippen molar-refractivity contribution < 1.29 is 9.47 Å². The quantitative estimate of drug-likeness (QED) is 0.355. The Morgan fingerprint density at radius 2 is 2.19 bits per heavy atom. The molecule has 3 unspecified atom stereocenters. The SMILES string of the molecule is CCNC(=NCc1cc2c(cc1OC)CC(C)O2)N1CCC(C)C(n2ccnc2)C1.I. The minimum absolute atomic E-state index is 0. The summed E-state index contributed by atoms with van der Waals surface area (Å²) in [7, 11) is 1.72. The smallest absolute Gasteiger partial charge is 0.194 e. The molecule has 0 spiro atoms. The lowest BCUT2D eigenvalue weighted by molar-refractivity contribution is 0.189. The minimum Gasteiger partial charge on any atom is -0.496 e. The number of nitrogens with one attached hydrogen (secondary N) is 1. The average molecular weight is 539 g/mol. The van der Waals surface area contributed by atoms with E-state index in [-0.39, 0.29) is 30.1 Å². The molecule has 0 radical (unpaired) electrons. The first-order valence-electron chi connectivity index (χ1n) is 11.0. The summed E-state index contributed by atoms with van der Waals surface area (Å²) in [5.74, 6) is 3.40. The molecule has 1 saturated heterocycles. The number of aromatic nitrogens is 2. The van der Waals surface area contributed by atoms with Gasteiger partial charge in [-0.05, 0) is 38.3 Å². The molecule has 2 aliphatic rings. The summed E-state index contributed by atoms with van der Waals surface area (Å²) in [5, 5.41) is 3.48. The lowest BCUT2D eigenvalue weighted by Crippen LogP contribution is -2.49. The number of nitrogens with zero attached hydrogens (tertiary/aromatic N) is 4. The van der Waals surface area contributed by atoms with Gasteiger partial charge < -0.3 is 24.3 Å². The van der Waals surface area contributed by atoms with Crippen molar-refractivity contribution in [3.8, 4) is 11.5 Å². The van der Waals surface area contributed by atoms with E-state index in [1.54, 1.807) is 7.11 Å². The second-order valence-electron chi connectivity index (χ2n) is 8.36. The van der Waals surface area contributed by atoms with E-state index in [2.05, 4.69) is 58.9 Å². The van der Waals surface area contributed by atoms with E-state index >= 15 is 0 Å². The third-order valence-electron chi connectivity index (χ3n) is 6.16. The Labute approximate surface area is 202 Å². The third kappa shape index (κ3) is 5.27. The van der Waals surface area contributed by atoms with Crippen molar-refractivity contribution in [3.05, 3.63) is 42.0 Å². The van der Waals surface area contributed by atoms with Crippen LogP contribution in [0, 0.1) is 5.92 Å². The van der Waals surface area contributed by atoms with E-state index in [1.165, 1.54) is 5.56 Å². The zero-order chi connectivity index (χ0) is 21.1. The van der Waals surface area contributed by atoms with Gasteiger partial charge in [-0.1, -0.05) is 6.92 Å².